The van der Waals surface area contributed by atoms with E-state index in [1.54, 1.807) is 30.3 Å². The maximum atomic E-state index is 12.8. The molecule has 0 saturated carbocycles. The summed E-state index contributed by atoms with van der Waals surface area (Å²) in [7, 11) is 0. The average molecular weight is 307 g/mol. The van der Waals surface area contributed by atoms with E-state index in [1.165, 1.54) is 12.1 Å². The summed E-state index contributed by atoms with van der Waals surface area (Å²) in [5.41, 5.74) is 0.232. The minimum Gasteiger partial charge on any atom is -0.478 e. The van der Waals surface area contributed by atoms with Crippen LogP contribution in [-0.4, -0.2) is 25.7 Å². The van der Waals surface area contributed by atoms with Crippen molar-refractivity contribution in [3.8, 4) is 11.3 Å². The largest absolute Gasteiger partial charge is 0.478 e. The van der Waals surface area contributed by atoms with Crippen molar-refractivity contribution in [3.63, 3.8) is 0 Å². The number of hydrogen-bond acceptors (Lipinski definition) is 3. The number of fused-ring (bicyclic) bond motifs is 1. The SMILES string of the molecule is O=C(O)c1ccc(-c2ccccc2)n2nc(C(F)(F)F)nc12. The molecule has 0 unspecified atom stereocenters. The number of nitrogens with zero attached hydrogens (tertiary/aromatic N) is 3. The molecule has 2 heterocycles. The fraction of sp³-hybridized carbons (Fsp3) is 0.0714. The Balaban J connectivity index is 2.34. The quantitative estimate of drug-likeness (QED) is 0.790. The van der Waals surface area contributed by atoms with E-state index in [-0.39, 0.29) is 11.2 Å². The van der Waals surface area contributed by atoms with Crippen molar-refractivity contribution in [1.29, 1.82) is 0 Å². The monoisotopic (exact) mass is 307 g/mol. The van der Waals surface area contributed by atoms with Gasteiger partial charge in [0.15, 0.2) is 5.65 Å². The van der Waals surface area contributed by atoms with E-state index in [1.807, 2.05) is 0 Å². The average Bonchev–Trinajstić information content (AvgIpc) is 2.92. The smallest absolute Gasteiger partial charge is 0.453 e. The zero-order valence-electron chi connectivity index (χ0n) is 10.9. The first-order valence-electron chi connectivity index (χ1n) is 6.13. The molecular weight excluding hydrogens is 299 g/mol. The third-order valence-corrected chi connectivity index (χ3v) is 3.04. The number of carboxylic acid groups (broad SMARTS) is 1. The molecule has 0 aliphatic carbocycles. The molecule has 0 saturated heterocycles. The molecule has 8 heteroatoms. The van der Waals surface area contributed by atoms with Crippen molar-refractivity contribution < 1.29 is 23.1 Å². The van der Waals surface area contributed by atoms with E-state index in [0.29, 0.717) is 11.3 Å². The van der Waals surface area contributed by atoms with Gasteiger partial charge in [0, 0.05) is 5.56 Å². The zero-order valence-corrected chi connectivity index (χ0v) is 10.9. The maximum Gasteiger partial charge on any atom is 0.453 e. The fourth-order valence-electron chi connectivity index (χ4n) is 2.08. The van der Waals surface area contributed by atoms with Gasteiger partial charge in [0.05, 0.1) is 5.69 Å². The van der Waals surface area contributed by atoms with Gasteiger partial charge >= 0.3 is 12.1 Å². The third-order valence-electron chi connectivity index (χ3n) is 3.04. The Hall–Kier alpha value is -2.90. The maximum absolute atomic E-state index is 12.8. The molecule has 22 heavy (non-hydrogen) atoms. The van der Waals surface area contributed by atoms with Gasteiger partial charge in [-0.3, -0.25) is 0 Å². The minimum atomic E-state index is -4.75. The van der Waals surface area contributed by atoms with Gasteiger partial charge in [-0.05, 0) is 12.1 Å². The lowest BCUT2D eigenvalue weighted by atomic mass is 10.1. The van der Waals surface area contributed by atoms with Crippen molar-refractivity contribution in [2.45, 2.75) is 6.18 Å². The Morgan fingerprint density at radius 2 is 1.77 bits per heavy atom. The van der Waals surface area contributed by atoms with Crippen molar-refractivity contribution >= 4 is 11.6 Å². The van der Waals surface area contributed by atoms with Crippen molar-refractivity contribution in [2.75, 3.05) is 0 Å². The zero-order chi connectivity index (χ0) is 15.9. The molecule has 1 N–H and O–H groups in total. The van der Waals surface area contributed by atoms with Gasteiger partial charge in [-0.1, -0.05) is 30.3 Å². The molecule has 0 radical (unpaired) electrons. The first-order chi connectivity index (χ1) is 10.4. The summed E-state index contributed by atoms with van der Waals surface area (Å²) < 4.78 is 39.3. The number of halogens is 3. The van der Waals surface area contributed by atoms with Crippen LogP contribution in [0.4, 0.5) is 13.2 Å². The fourth-order valence-corrected chi connectivity index (χ4v) is 2.08. The van der Waals surface area contributed by atoms with E-state index in [9.17, 15) is 18.0 Å². The Bertz CT molecular complexity index is 857. The van der Waals surface area contributed by atoms with E-state index >= 15 is 0 Å². The molecular formula is C14H8F3N3O2. The molecule has 0 bridgehead atoms. The predicted octanol–water partition coefficient (Wildman–Crippen LogP) is 3.11. The normalized spacial score (nSPS) is 11.8. The van der Waals surface area contributed by atoms with Crippen LogP contribution in [0.1, 0.15) is 16.2 Å². The first kappa shape index (κ1) is 14.1. The number of pyridine rings is 1. The van der Waals surface area contributed by atoms with Crippen LogP contribution in [-0.2, 0) is 6.18 Å². The highest BCUT2D eigenvalue weighted by Crippen LogP contribution is 2.29. The van der Waals surface area contributed by atoms with Crippen LogP contribution >= 0.6 is 0 Å². The van der Waals surface area contributed by atoms with Crippen LogP contribution in [0.3, 0.4) is 0 Å². The number of carbonyl (C=O) groups is 1. The topological polar surface area (TPSA) is 67.5 Å². The lowest BCUT2D eigenvalue weighted by Crippen LogP contribution is -2.07. The van der Waals surface area contributed by atoms with Crippen molar-refractivity contribution in [3.05, 3.63) is 53.9 Å². The van der Waals surface area contributed by atoms with E-state index < -0.39 is 18.0 Å². The van der Waals surface area contributed by atoms with Crippen LogP contribution < -0.4 is 0 Å². The van der Waals surface area contributed by atoms with Crippen LogP contribution in [0.5, 0.6) is 0 Å². The summed E-state index contributed by atoms with van der Waals surface area (Å²) >= 11 is 0. The number of carboxylic acids is 1. The second-order valence-corrected chi connectivity index (χ2v) is 4.47. The number of aromatic nitrogens is 3. The summed E-state index contributed by atoms with van der Waals surface area (Å²) in [4.78, 5) is 14.5. The second-order valence-electron chi connectivity index (χ2n) is 4.47. The predicted molar refractivity (Wildman–Crippen MR) is 70.4 cm³/mol. The van der Waals surface area contributed by atoms with Crippen LogP contribution in [0.25, 0.3) is 16.9 Å². The summed E-state index contributed by atoms with van der Waals surface area (Å²) in [6.07, 6.45) is -4.75. The first-order valence-corrected chi connectivity index (χ1v) is 6.13. The summed E-state index contributed by atoms with van der Waals surface area (Å²) in [5.74, 6) is -2.75. The minimum absolute atomic E-state index is 0.323. The van der Waals surface area contributed by atoms with Crippen molar-refractivity contribution in [2.24, 2.45) is 0 Å². The molecule has 2 aromatic heterocycles. The number of benzene rings is 1. The Morgan fingerprint density at radius 1 is 1.09 bits per heavy atom. The highest BCUT2D eigenvalue weighted by molar-refractivity contribution is 5.95. The number of hydrogen-bond donors (Lipinski definition) is 1. The van der Waals surface area contributed by atoms with Crippen LogP contribution in [0.2, 0.25) is 0 Å². The molecule has 3 rings (SSSR count). The summed E-state index contributed by atoms with van der Waals surface area (Å²) in [6, 6.07) is 11.2. The van der Waals surface area contributed by atoms with Gasteiger partial charge in [-0.2, -0.15) is 13.2 Å². The molecule has 0 atom stereocenters. The number of rotatable bonds is 2. The summed E-state index contributed by atoms with van der Waals surface area (Å²) in [6.45, 7) is 0. The molecule has 0 fully saturated rings. The van der Waals surface area contributed by atoms with Gasteiger partial charge in [0.25, 0.3) is 5.82 Å². The van der Waals surface area contributed by atoms with Gasteiger partial charge in [-0.25, -0.2) is 14.3 Å². The van der Waals surface area contributed by atoms with E-state index in [0.717, 1.165) is 4.52 Å². The van der Waals surface area contributed by atoms with Crippen LogP contribution in [0, 0.1) is 0 Å². The Labute approximate surface area is 121 Å². The molecule has 112 valence electrons. The Morgan fingerprint density at radius 3 is 2.36 bits per heavy atom. The van der Waals surface area contributed by atoms with Gasteiger partial charge in [-0.15, -0.1) is 5.10 Å². The third kappa shape index (κ3) is 2.28. The second kappa shape index (κ2) is 4.83. The van der Waals surface area contributed by atoms with E-state index in [4.69, 9.17) is 5.11 Å². The highest BCUT2D eigenvalue weighted by Gasteiger charge is 2.37. The molecule has 0 spiro atoms. The highest BCUT2D eigenvalue weighted by atomic mass is 19.4. The molecule has 3 aromatic rings. The summed E-state index contributed by atoms with van der Waals surface area (Å²) in [5, 5.41) is 12.5. The van der Waals surface area contributed by atoms with Crippen molar-refractivity contribution in [1.82, 2.24) is 14.6 Å². The molecule has 0 aliphatic rings. The Kier molecular flexibility index (Phi) is 3.09. The van der Waals surface area contributed by atoms with Gasteiger partial charge in [0.2, 0.25) is 0 Å². The van der Waals surface area contributed by atoms with E-state index in [2.05, 4.69) is 10.1 Å². The number of alkyl halides is 3. The standard InChI is InChI=1S/C14H8F3N3O2/c15-14(16,17)13-18-11-9(12(21)22)6-7-10(20(11)19-13)8-4-2-1-3-5-8/h1-7H,(H,21,22). The molecule has 5 nitrogen and oxygen atoms in total. The molecule has 1 aromatic carbocycles. The molecule has 0 amide bonds. The van der Waals surface area contributed by atoms with Gasteiger partial charge < -0.3 is 5.11 Å². The lowest BCUT2D eigenvalue weighted by Gasteiger charge is -2.05. The number of aromatic carboxylic acids is 1. The van der Waals surface area contributed by atoms with Gasteiger partial charge in [0.1, 0.15) is 5.56 Å². The van der Waals surface area contributed by atoms with Crippen LogP contribution in [0.15, 0.2) is 42.5 Å². The lowest BCUT2D eigenvalue weighted by molar-refractivity contribution is -0.144. The molecule has 0 aliphatic heterocycles.